The van der Waals surface area contributed by atoms with E-state index < -0.39 is 0 Å². The van der Waals surface area contributed by atoms with Gasteiger partial charge in [0.25, 0.3) is 0 Å². The molecule has 0 aliphatic carbocycles. The Morgan fingerprint density at radius 3 is 2.94 bits per heavy atom. The SMILES string of the molecule is CNCc1ccc2c(c1)CCC(=O)N2CCCl. The Morgan fingerprint density at radius 1 is 1.41 bits per heavy atom. The lowest BCUT2D eigenvalue weighted by molar-refractivity contribution is -0.118. The van der Waals surface area contributed by atoms with Crippen LogP contribution >= 0.6 is 11.6 Å². The molecule has 1 amide bonds. The number of hydrogen-bond donors (Lipinski definition) is 1. The van der Waals surface area contributed by atoms with Gasteiger partial charge in [0.2, 0.25) is 5.91 Å². The van der Waals surface area contributed by atoms with E-state index in [1.54, 1.807) is 4.90 Å². The van der Waals surface area contributed by atoms with Gasteiger partial charge in [-0.2, -0.15) is 0 Å². The maximum absolute atomic E-state index is 11.8. The van der Waals surface area contributed by atoms with Crippen molar-refractivity contribution in [2.75, 3.05) is 24.4 Å². The summed E-state index contributed by atoms with van der Waals surface area (Å²) < 4.78 is 0. The molecule has 1 N–H and O–H groups in total. The van der Waals surface area contributed by atoms with Crippen LogP contribution in [0.15, 0.2) is 18.2 Å². The van der Waals surface area contributed by atoms with Gasteiger partial charge in [0.1, 0.15) is 0 Å². The maximum Gasteiger partial charge on any atom is 0.227 e. The van der Waals surface area contributed by atoms with Gasteiger partial charge < -0.3 is 10.2 Å². The third kappa shape index (κ3) is 2.61. The van der Waals surface area contributed by atoms with E-state index in [1.165, 1.54) is 11.1 Å². The highest BCUT2D eigenvalue weighted by Gasteiger charge is 2.23. The van der Waals surface area contributed by atoms with E-state index in [-0.39, 0.29) is 5.91 Å². The minimum absolute atomic E-state index is 0.180. The van der Waals surface area contributed by atoms with Gasteiger partial charge in [-0.1, -0.05) is 12.1 Å². The molecule has 0 atom stereocenters. The number of benzene rings is 1. The van der Waals surface area contributed by atoms with E-state index >= 15 is 0 Å². The second kappa shape index (κ2) is 5.52. The molecule has 0 spiro atoms. The predicted octanol–water partition coefficient (Wildman–Crippen LogP) is 1.92. The molecule has 4 heteroatoms. The fourth-order valence-electron chi connectivity index (χ4n) is 2.26. The highest BCUT2D eigenvalue weighted by molar-refractivity contribution is 6.18. The van der Waals surface area contributed by atoms with Crippen LogP contribution in [0.3, 0.4) is 0 Å². The van der Waals surface area contributed by atoms with Crippen molar-refractivity contribution in [2.45, 2.75) is 19.4 Å². The number of carbonyl (C=O) groups excluding carboxylic acids is 1. The first kappa shape index (κ1) is 12.4. The standard InChI is InChI=1S/C13H17ClN2O/c1-15-9-10-2-4-12-11(8-10)3-5-13(17)16(12)7-6-14/h2,4,8,15H,3,5-7,9H2,1H3. The normalized spacial score (nSPS) is 14.9. The fourth-order valence-corrected chi connectivity index (χ4v) is 2.43. The Bertz CT molecular complexity index is 420. The highest BCUT2D eigenvalue weighted by Crippen LogP contribution is 2.28. The molecule has 1 aliphatic heterocycles. The lowest BCUT2D eigenvalue weighted by atomic mass is 9.98. The lowest BCUT2D eigenvalue weighted by Crippen LogP contribution is -2.36. The Hall–Kier alpha value is -1.06. The molecular formula is C13H17ClN2O. The number of fused-ring (bicyclic) bond motifs is 1. The zero-order chi connectivity index (χ0) is 12.3. The number of rotatable bonds is 4. The van der Waals surface area contributed by atoms with Crippen molar-refractivity contribution >= 4 is 23.2 Å². The van der Waals surface area contributed by atoms with Gasteiger partial charge >= 0.3 is 0 Å². The Morgan fingerprint density at radius 2 is 2.24 bits per heavy atom. The summed E-state index contributed by atoms with van der Waals surface area (Å²) >= 11 is 5.74. The van der Waals surface area contributed by atoms with Gasteiger partial charge in [0, 0.05) is 31.1 Å². The van der Waals surface area contributed by atoms with E-state index in [2.05, 4.69) is 17.4 Å². The molecule has 1 aromatic carbocycles. The number of halogens is 1. The minimum Gasteiger partial charge on any atom is -0.316 e. The third-order valence-electron chi connectivity index (χ3n) is 3.03. The summed E-state index contributed by atoms with van der Waals surface area (Å²) in [7, 11) is 1.93. The summed E-state index contributed by atoms with van der Waals surface area (Å²) in [6.45, 7) is 1.45. The molecular weight excluding hydrogens is 236 g/mol. The van der Waals surface area contributed by atoms with Crippen molar-refractivity contribution in [2.24, 2.45) is 0 Å². The summed E-state index contributed by atoms with van der Waals surface area (Å²) in [5, 5.41) is 3.13. The molecule has 2 rings (SSSR count). The van der Waals surface area contributed by atoms with Crippen molar-refractivity contribution in [3.63, 3.8) is 0 Å². The molecule has 0 aromatic heterocycles. The van der Waals surface area contributed by atoms with Crippen LogP contribution in [0.1, 0.15) is 17.5 Å². The second-order valence-corrected chi connectivity index (χ2v) is 4.61. The topological polar surface area (TPSA) is 32.3 Å². The zero-order valence-electron chi connectivity index (χ0n) is 10.0. The average Bonchev–Trinajstić information content (AvgIpc) is 2.33. The number of nitrogens with zero attached hydrogens (tertiary/aromatic N) is 1. The molecule has 0 unspecified atom stereocenters. The minimum atomic E-state index is 0.180. The predicted molar refractivity (Wildman–Crippen MR) is 70.6 cm³/mol. The van der Waals surface area contributed by atoms with Crippen LogP contribution in [0, 0.1) is 0 Å². The first-order chi connectivity index (χ1) is 8.26. The van der Waals surface area contributed by atoms with Crippen LogP contribution in [-0.2, 0) is 17.8 Å². The van der Waals surface area contributed by atoms with Crippen molar-refractivity contribution < 1.29 is 4.79 Å². The molecule has 0 saturated carbocycles. The number of alkyl halides is 1. The first-order valence-electron chi connectivity index (χ1n) is 5.89. The summed E-state index contributed by atoms with van der Waals surface area (Å²) in [6, 6.07) is 6.28. The van der Waals surface area contributed by atoms with Crippen LogP contribution in [-0.4, -0.2) is 25.4 Å². The molecule has 0 bridgehead atoms. The summed E-state index contributed by atoms with van der Waals surface area (Å²) in [4.78, 5) is 13.6. The van der Waals surface area contributed by atoms with Gasteiger partial charge in [-0.3, -0.25) is 4.79 Å². The molecule has 0 radical (unpaired) electrons. The Labute approximate surface area is 107 Å². The van der Waals surface area contributed by atoms with Crippen LogP contribution in [0.25, 0.3) is 0 Å². The largest absolute Gasteiger partial charge is 0.316 e. The van der Waals surface area contributed by atoms with E-state index in [0.717, 1.165) is 18.7 Å². The van der Waals surface area contributed by atoms with Crippen LogP contribution < -0.4 is 10.2 Å². The molecule has 1 aliphatic rings. The summed E-state index contributed by atoms with van der Waals surface area (Å²) in [6.07, 6.45) is 1.43. The molecule has 17 heavy (non-hydrogen) atoms. The van der Waals surface area contributed by atoms with Gasteiger partial charge in [0.15, 0.2) is 0 Å². The monoisotopic (exact) mass is 252 g/mol. The number of nitrogens with one attached hydrogen (secondary N) is 1. The average molecular weight is 253 g/mol. The van der Waals surface area contributed by atoms with Crippen LogP contribution in [0.2, 0.25) is 0 Å². The van der Waals surface area contributed by atoms with Crippen LogP contribution in [0.4, 0.5) is 5.69 Å². The number of amides is 1. The van der Waals surface area contributed by atoms with E-state index in [9.17, 15) is 4.79 Å². The summed E-state index contributed by atoms with van der Waals surface area (Å²) in [5.41, 5.74) is 3.54. The quantitative estimate of drug-likeness (QED) is 0.831. The molecule has 3 nitrogen and oxygen atoms in total. The zero-order valence-corrected chi connectivity index (χ0v) is 10.8. The fraction of sp³-hybridized carbons (Fsp3) is 0.462. The van der Waals surface area contributed by atoms with Crippen molar-refractivity contribution in [1.82, 2.24) is 5.32 Å². The number of anilines is 1. The molecule has 0 saturated heterocycles. The Kier molecular flexibility index (Phi) is 4.02. The van der Waals surface area contributed by atoms with E-state index in [4.69, 9.17) is 11.6 Å². The molecule has 1 aromatic rings. The third-order valence-corrected chi connectivity index (χ3v) is 3.20. The maximum atomic E-state index is 11.8. The highest BCUT2D eigenvalue weighted by atomic mass is 35.5. The van der Waals surface area contributed by atoms with Gasteiger partial charge in [-0.15, -0.1) is 11.6 Å². The number of carbonyl (C=O) groups is 1. The van der Waals surface area contributed by atoms with Crippen molar-refractivity contribution in [3.05, 3.63) is 29.3 Å². The number of aryl methyl sites for hydroxylation is 1. The number of hydrogen-bond acceptors (Lipinski definition) is 2. The van der Waals surface area contributed by atoms with Crippen molar-refractivity contribution in [3.8, 4) is 0 Å². The van der Waals surface area contributed by atoms with Crippen LogP contribution in [0.5, 0.6) is 0 Å². The van der Waals surface area contributed by atoms with E-state index in [1.807, 2.05) is 13.1 Å². The van der Waals surface area contributed by atoms with Gasteiger partial charge in [-0.05, 0) is 30.7 Å². The Balaban J connectivity index is 2.30. The first-order valence-corrected chi connectivity index (χ1v) is 6.42. The van der Waals surface area contributed by atoms with Crippen molar-refractivity contribution in [1.29, 1.82) is 0 Å². The van der Waals surface area contributed by atoms with Gasteiger partial charge in [0.05, 0.1) is 0 Å². The molecule has 1 heterocycles. The van der Waals surface area contributed by atoms with Gasteiger partial charge in [-0.25, -0.2) is 0 Å². The summed E-state index contributed by atoms with van der Waals surface area (Å²) in [5.74, 6) is 0.656. The second-order valence-electron chi connectivity index (χ2n) is 4.23. The van der Waals surface area contributed by atoms with E-state index in [0.29, 0.717) is 18.8 Å². The smallest absolute Gasteiger partial charge is 0.227 e. The molecule has 92 valence electrons. The molecule has 0 fully saturated rings. The lowest BCUT2D eigenvalue weighted by Gasteiger charge is -2.29.